The number of carboxylic acids is 1. The molecule has 3 N–H and O–H groups in total. The van der Waals surface area contributed by atoms with Crippen LogP contribution in [0.2, 0.25) is 0 Å². The van der Waals surface area contributed by atoms with E-state index in [9.17, 15) is 14.4 Å². The van der Waals surface area contributed by atoms with Crippen molar-refractivity contribution in [3.05, 3.63) is 0 Å². The summed E-state index contributed by atoms with van der Waals surface area (Å²) in [5.41, 5.74) is -0.120. The first-order valence-corrected chi connectivity index (χ1v) is 7.11. The molecule has 7 heteroatoms. The van der Waals surface area contributed by atoms with Gasteiger partial charge in [0.25, 0.3) is 5.24 Å². The van der Waals surface area contributed by atoms with Crippen LogP contribution in [-0.2, 0) is 9.59 Å². The molecule has 0 aromatic rings. The van der Waals surface area contributed by atoms with E-state index < -0.39 is 17.9 Å². The molecule has 1 heterocycles. The predicted molar refractivity (Wildman–Crippen MR) is 73.0 cm³/mol. The highest BCUT2D eigenvalue weighted by atomic mass is 32.2. The van der Waals surface area contributed by atoms with Crippen LogP contribution in [-0.4, -0.2) is 40.6 Å². The number of nitrogens with one attached hydrogen (secondary N) is 2. The molecule has 0 spiro atoms. The molecule has 6 nitrogen and oxygen atoms in total. The fourth-order valence-corrected chi connectivity index (χ4v) is 2.64. The summed E-state index contributed by atoms with van der Waals surface area (Å²) < 4.78 is 0. The number of carbonyl (C=O) groups excluding carboxylic acids is 2. The number of aliphatic carboxylic acids is 1. The molecule has 1 fully saturated rings. The average Bonchev–Trinajstić information content (AvgIpc) is 2.68. The van der Waals surface area contributed by atoms with Crippen molar-refractivity contribution in [3.8, 4) is 0 Å². The molecule has 2 atom stereocenters. The molecule has 0 bridgehead atoms. The van der Waals surface area contributed by atoms with E-state index in [2.05, 4.69) is 10.6 Å². The lowest BCUT2D eigenvalue weighted by atomic mass is 9.84. The fraction of sp³-hybridized carbons (Fsp3) is 0.750. The van der Waals surface area contributed by atoms with Crippen LogP contribution in [0.25, 0.3) is 0 Å². The van der Waals surface area contributed by atoms with Crippen LogP contribution < -0.4 is 10.6 Å². The van der Waals surface area contributed by atoms with Gasteiger partial charge in [0.2, 0.25) is 5.91 Å². The molecule has 1 aliphatic heterocycles. The van der Waals surface area contributed by atoms with Crippen molar-refractivity contribution in [1.82, 2.24) is 10.6 Å². The molecule has 108 valence electrons. The van der Waals surface area contributed by atoms with Crippen molar-refractivity contribution in [2.24, 2.45) is 11.3 Å². The summed E-state index contributed by atoms with van der Waals surface area (Å²) in [7, 11) is 0. The summed E-state index contributed by atoms with van der Waals surface area (Å²) in [6.45, 7) is 5.96. The SMILES string of the molecule is CC(C)(C)CC(CNC(=O)C1CSC(=O)N1)C(=O)O. The van der Waals surface area contributed by atoms with Gasteiger partial charge in [-0.25, -0.2) is 0 Å². The highest BCUT2D eigenvalue weighted by molar-refractivity contribution is 8.14. The number of carboxylic acid groups (broad SMARTS) is 1. The van der Waals surface area contributed by atoms with Crippen LogP contribution in [0.5, 0.6) is 0 Å². The zero-order valence-electron chi connectivity index (χ0n) is 11.4. The summed E-state index contributed by atoms with van der Waals surface area (Å²) in [6.07, 6.45) is 0.481. The third-order valence-electron chi connectivity index (χ3n) is 2.72. The number of amides is 2. The molecule has 0 aromatic heterocycles. The number of hydrogen-bond donors (Lipinski definition) is 3. The topological polar surface area (TPSA) is 95.5 Å². The highest BCUT2D eigenvalue weighted by Crippen LogP contribution is 2.24. The van der Waals surface area contributed by atoms with Gasteiger partial charge in [-0.05, 0) is 11.8 Å². The zero-order chi connectivity index (χ0) is 14.6. The Labute approximate surface area is 116 Å². The Morgan fingerprint density at radius 2 is 2.16 bits per heavy atom. The summed E-state index contributed by atoms with van der Waals surface area (Å²) in [5, 5.41) is 14.0. The molecule has 1 rings (SSSR count). The minimum Gasteiger partial charge on any atom is -0.481 e. The first-order valence-electron chi connectivity index (χ1n) is 6.13. The fourth-order valence-electron chi connectivity index (χ4n) is 1.86. The van der Waals surface area contributed by atoms with E-state index in [0.717, 1.165) is 11.8 Å². The molecule has 2 unspecified atom stereocenters. The molecule has 0 aromatic carbocycles. The van der Waals surface area contributed by atoms with Crippen LogP contribution >= 0.6 is 11.8 Å². The number of rotatable bonds is 5. The normalized spacial score (nSPS) is 20.8. The van der Waals surface area contributed by atoms with Crippen LogP contribution in [0.4, 0.5) is 4.79 Å². The summed E-state index contributed by atoms with van der Waals surface area (Å²) >= 11 is 1.06. The van der Waals surface area contributed by atoms with Crippen molar-refractivity contribution in [2.75, 3.05) is 12.3 Å². The summed E-state index contributed by atoms with van der Waals surface area (Å²) in [4.78, 5) is 33.9. The molecule has 0 radical (unpaired) electrons. The summed E-state index contributed by atoms with van der Waals surface area (Å²) in [6, 6.07) is -0.554. The Bertz CT molecular complexity index is 378. The van der Waals surface area contributed by atoms with Gasteiger partial charge in [-0.3, -0.25) is 14.4 Å². The van der Waals surface area contributed by atoms with Gasteiger partial charge >= 0.3 is 5.97 Å². The Morgan fingerprint density at radius 3 is 2.58 bits per heavy atom. The molecular weight excluding hydrogens is 268 g/mol. The van der Waals surface area contributed by atoms with E-state index in [-0.39, 0.29) is 23.1 Å². The van der Waals surface area contributed by atoms with Crippen molar-refractivity contribution in [1.29, 1.82) is 0 Å². The van der Waals surface area contributed by atoms with Gasteiger partial charge in [-0.15, -0.1) is 0 Å². The van der Waals surface area contributed by atoms with Gasteiger partial charge in [0.15, 0.2) is 0 Å². The third kappa shape index (κ3) is 5.50. The Balaban J connectivity index is 2.45. The minimum atomic E-state index is -0.917. The maximum absolute atomic E-state index is 11.8. The van der Waals surface area contributed by atoms with Gasteiger partial charge in [0.1, 0.15) is 6.04 Å². The average molecular weight is 288 g/mol. The van der Waals surface area contributed by atoms with Crippen LogP contribution in [0.15, 0.2) is 0 Å². The number of thioether (sulfide) groups is 1. The Kier molecular flexibility index (Phi) is 5.22. The maximum atomic E-state index is 11.8. The first-order chi connectivity index (χ1) is 8.69. The monoisotopic (exact) mass is 288 g/mol. The van der Waals surface area contributed by atoms with Crippen LogP contribution in [0.3, 0.4) is 0 Å². The standard InChI is InChI=1S/C12H20N2O4S/c1-12(2,3)4-7(10(16)17)5-13-9(15)8-6-19-11(18)14-8/h7-8H,4-6H2,1-3H3,(H,13,15)(H,14,18)(H,16,17). The molecule has 2 amide bonds. The second kappa shape index (κ2) is 6.27. The highest BCUT2D eigenvalue weighted by Gasteiger charge is 2.30. The van der Waals surface area contributed by atoms with Gasteiger partial charge in [0, 0.05) is 12.3 Å². The largest absolute Gasteiger partial charge is 0.481 e. The lowest BCUT2D eigenvalue weighted by Crippen LogP contribution is -2.45. The van der Waals surface area contributed by atoms with E-state index in [1.165, 1.54) is 0 Å². The van der Waals surface area contributed by atoms with Gasteiger partial charge in [0.05, 0.1) is 5.92 Å². The maximum Gasteiger partial charge on any atom is 0.308 e. The van der Waals surface area contributed by atoms with E-state index in [4.69, 9.17) is 5.11 Å². The third-order valence-corrected chi connectivity index (χ3v) is 3.60. The molecule has 0 saturated carbocycles. The van der Waals surface area contributed by atoms with Crippen molar-refractivity contribution < 1.29 is 19.5 Å². The van der Waals surface area contributed by atoms with E-state index >= 15 is 0 Å². The molecule has 19 heavy (non-hydrogen) atoms. The van der Waals surface area contributed by atoms with Gasteiger partial charge < -0.3 is 15.7 Å². The second-order valence-electron chi connectivity index (χ2n) is 5.84. The molecular formula is C12H20N2O4S. The quantitative estimate of drug-likeness (QED) is 0.703. The van der Waals surface area contributed by atoms with E-state index in [0.29, 0.717) is 12.2 Å². The molecule has 0 aliphatic carbocycles. The van der Waals surface area contributed by atoms with Crippen LogP contribution in [0.1, 0.15) is 27.2 Å². The second-order valence-corrected chi connectivity index (χ2v) is 6.83. The minimum absolute atomic E-state index is 0.0858. The summed E-state index contributed by atoms with van der Waals surface area (Å²) in [5.74, 6) is -1.46. The zero-order valence-corrected chi connectivity index (χ0v) is 12.2. The van der Waals surface area contributed by atoms with Crippen molar-refractivity contribution >= 4 is 28.9 Å². The first kappa shape index (κ1) is 15.8. The van der Waals surface area contributed by atoms with Crippen molar-refractivity contribution in [3.63, 3.8) is 0 Å². The lowest BCUT2D eigenvalue weighted by molar-refractivity contribution is -0.142. The van der Waals surface area contributed by atoms with E-state index in [1.54, 1.807) is 0 Å². The predicted octanol–water partition coefficient (Wildman–Crippen LogP) is 1.06. The Hall–Kier alpha value is -1.24. The molecule has 1 aliphatic rings. The molecule has 1 saturated heterocycles. The van der Waals surface area contributed by atoms with Gasteiger partial charge in [-0.1, -0.05) is 32.5 Å². The Morgan fingerprint density at radius 1 is 1.53 bits per heavy atom. The lowest BCUT2D eigenvalue weighted by Gasteiger charge is -2.23. The number of carbonyl (C=O) groups is 3. The van der Waals surface area contributed by atoms with Crippen molar-refractivity contribution in [2.45, 2.75) is 33.2 Å². The van der Waals surface area contributed by atoms with Gasteiger partial charge in [-0.2, -0.15) is 0 Å². The van der Waals surface area contributed by atoms with E-state index in [1.807, 2.05) is 20.8 Å². The smallest absolute Gasteiger partial charge is 0.308 e. The number of hydrogen-bond acceptors (Lipinski definition) is 4. The van der Waals surface area contributed by atoms with Crippen LogP contribution in [0, 0.1) is 11.3 Å².